The maximum atomic E-state index is 5.91. The molecule has 20 heavy (non-hydrogen) atoms. The summed E-state index contributed by atoms with van der Waals surface area (Å²) in [5.41, 5.74) is 9.80. The van der Waals surface area contributed by atoms with E-state index in [-0.39, 0.29) is 5.41 Å². The van der Waals surface area contributed by atoms with Gasteiger partial charge in [0.25, 0.3) is 0 Å². The molecule has 3 nitrogen and oxygen atoms in total. The Morgan fingerprint density at radius 2 is 2.05 bits per heavy atom. The summed E-state index contributed by atoms with van der Waals surface area (Å²) in [5.74, 6) is 0. The van der Waals surface area contributed by atoms with E-state index in [0.717, 1.165) is 23.8 Å². The monoisotopic (exact) mass is 287 g/mol. The van der Waals surface area contributed by atoms with Gasteiger partial charge < -0.3 is 10.6 Å². The van der Waals surface area contributed by atoms with Crippen LogP contribution in [-0.2, 0) is 18.4 Å². The quantitative estimate of drug-likeness (QED) is 0.917. The van der Waals surface area contributed by atoms with Crippen LogP contribution in [0.5, 0.6) is 0 Å². The molecule has 0 radical (unpaired) electrons. The lowest BCUT2D eigenvalue weighted by Crippen LogP contribution is -2.17. The lowest BCUT2D eigenvalue weighted by atomic mass is 9.91. The van der Waals surface area contributed by atoms with Crippen LogP contribution in [0.2, 0.25) is 0 Å². The molecule has 2 heterocycles. The van der Waals surface area contributed by atoms with E-state index >= 15 is 0 Å². The summed E-state index contributed by atoms with van der Waals surface area (Å²) < 4.78 is 0. The highest BCUT2D eigenvalue weighted by molar-refractivity contribution is 7.15. The van der Waals surface area contributed by atoms with Crippen molar-refractivity contribution in [1.82, 2.24) is 4.98 Å². The second-order valence-corrected chi connectivity index (χ2v) is 7.31. The Kier molecular flexibility index (Phi) is 3.30. The first-order valence-corrected chi connectivity index (χ1v) is 7.88. The third-order valence-electron chi connectivity index (χ3n) is 3.70. The van der Waals surface area contributed by atoms with Gasteiger partial charge in [0.1, 0.15) is 0 Å². The van der Waals surface area contributed by atoms with Crippen LogP contribution in [0.3, 0.4) is 0 Å². The summed E-state index contributed by atoms with van der Waals surface area (Å²) in [4.78, 5) is 8.43. The highest BCUT2D eigenvalue weighted by Crippen LogP contribution is 2.39. The molecule has 2 N–H and O–H groups in total. The fraction of sp³-hybridized carbons (Fsp3) is 0.438. The summed E-state index contributed by atoms with van der Waals surface area (Å²) in [5, 5.41) is 1.08. The number of anilines is 2. The van der Waals surface area contributed by atoms with Crippen molar-refractivity contribution in [2.24, 2.45) is 5.73 Å². The van der Waals surface area contributed by atoms with Crippen LogP contribution in [0.1, 0.15) is 36.9 Å². The van der Waals surface area contributed by atoms with E-state index in [0.29, 0.717) is 6.54 Å². The highest BCUT2D eigenvalue weighted by Gasteiger charge is 2.27. The molecule has 0 spiro atoms. The van der Waals surface area contributed by atoms with Crippen molar-refractivity contribution < 1.29 is 0 Å². The molecule has 1 aromatic heterocycles. The molecule has 4 heteroatoms. The molecule has 1 aliphatic heterocycles. The van der Waals surface area contributed by atoms with E-state index in [9.17, 15) is 0 Å². The van der Waals surface area contributed by atoms with E-state index in [1.165, 1.54) is 16.1 Å². The fourth-order valence-electron chi connectivity index (χ4n) is 2.72. The van der Waals surface area contributed by atoms with Gasteiger partial charge in [0.2, 0.25) is 0 Å². The first kappa shape index (κ1) is 13.6. The molecular formula is C16H21N3S. The highest BCUT2D eigenvalue weighted by atomic mass is 32.1. The van der Waals surface area contributed by atoms with Crippen molar-refractivity contribution in [1.29, 1.82) is 0 Å². The van der Waals surface area contributed by atoms with Gasteiger partial charge in [0, 0.05) is 29.1 Å². The molecular weight excluding hydrogens is 266 g/mol. The van der Waals surface area contributed by atoms with Gasteiger partial charge in [-0.2, -0.15) is 0 Å². The van der Waals surface area contributed by atoms with Crippen LogP contribution in [0, 0.1) is 0 Å². The molecule has 2 aromatic rings. The third kappa shape index (κ3) is 2.23. The Morgan fingerprint density at radius 3 is 2.70 bits per heavy atom. The molecule has 1 aliphatic rings. The van der Waals surface area contributed by atoms with Gasteiger partial charge in [-0.05, 0) is 18.1 Å². The second-order valence-electron chi connectivity index (χ2n) is 6.25. The molecule has 0 fully saturated rings. The number of hydrogen-bond acceptors (Lipinski definition) is 4. The largest absolute Gasteiger partial charge is 0.326 e. The number of hydrogen-bond donors (Lipinski definition) is 1. The number of nitrogens with zero attached hydrogens (tertiary/aromatic N) is 2. The summed E-state index contributed by atoms with van der Waals surface area (Å²) in [7, 11) is 0. The lowest BCUT2D eigenvalue weighted by molar-refractivity contribution is 0.566. The maximum Gasteiger partial charge on any atom is 0.190 e. The summed E-state index contributed by atoms with van der Waals surface area (Å²) in [6.45, 7) is 8.18. The first-order valence-electron chi connectivity index (χ1n) is 7.06. The topological polar surface area (TPSA) is 42.2 Å². The average molecular weight is 287 g/mol. The van der Waals surface area contributed by atoms with Crippen LogP contribution in [0.25, 0.3) is 0 Å². The lowest BCUT2D eigenvalue weighted by Gasteiger charge is -2.18. The van der Waals surface area contributed by atoms with Gasteiger partial charge in [-0.1, -0.05) is 50.3 Å². The van der Waals surface area contributed by atoms with Crippen LogP contribution in [0.15, 0.2) is 24.3 Å². The Morgan fingerprint density at radius 1 is 1.30 bits per heavy atom. The normalized spacial score (nSPS) is 14.7. The molecule has 0 amide bonds. The predicted molar refractivity (Wildman–Crippen MR) is 85.9 cm³/mol. The van der Waals surface area contributed by atoms with Gasteiger partial charge in [-0.15, -0.1) is 0 Å². The summed E-state index contributed by atoms with van der Waals surface area (Å²) in [6, 6.07) is 8.59. The zero-order valence-corrected chi connectivity index (χ0v) is 13.1. The van der Waals surface area contributed by atoms with Crippen LogP contribution in [-0.4, -0.2) is 11.5 Å². The smallest absolute Gasteiger partial charge is 0.190 e. The molecule has 0 aliphatic carbocycles. The Labute approximate surface area is 124 Å². The number of para-hydroxylation sites is 1. The van der Waals surface area contributed by atoms with Crippen molar-refractivity contribution in [3.05, 3.63) is 40.4 Å². The van der Waals surface area contributed by atoms with Crippen LogP contribution in [0.4, 0.5) is 10.8 Å². The van der Waals surface area contributed by atoms with Crippen LogP contribution < -0.4 is 10.6 Å². The van der Waals surface area contributed by atoms with E-state index in [4.69, 9.17) is 10.7 Å². The summed E-state index contributed by atoms with van der Waals surface area (Å²) >= 11 is 1.74. The standard InChI is InChI=1S/C16H21N3S/c1-16(2,3)14-13(10-17)20-15(18-14)19-9-8-11-6-4-5-7-12(11)19/h4-7H,8-10,17H2,1-3H3. The van der Waals surface area contributed by atoms with Gasteiger partial charge in [-0.25, -0.2) is 4.98 Å². The van der Waals surface area contributed by atoms with Crippen molar-refractivity contribution in [2.75, 3.05) is 11.4 Å². The summed E-state index contributed by atoms with van der Waals surface area (Å²) in [6.07, 6.45) is 1.10. The minimum Gasteiger partial charge on any atom is -0.326 e. The molecule has 0 atom stereocenters. The van der Waals surface area contributed by atoms with Crippen molar-refractivity contribution in [3.63, 3.8) is 0 Å². The number of fused-ring (bicyclic) bond motifs is 1. The van der Waals surface area contributed by atoms with Gasteiger partial charge in [-0.3, -0.25) is 0 Å². The Hall–Kier alpha value is -1.39. The molecule has 106 valence electrons. The Bertz CT molecular complexity index is 625. The second kappa shape index (κ2) is 4.86. The molecule has 0 unspecified atom stereocenters. The van der Waals surface area contributed by atoms with Gasteiger partial charge in [0.15, 0.2) is 5.13 Å². The maximum absolute atomic E-state index is 5.91. The number of rotatable bonds is 2. The van der Waals surface area contributed by atoms with Crippen molar-refractivity contribution in [2.45, 2.75) is 39.2 Å². The van der Waals surface area contributed by atoms with Crippen molar-refractivity contribution >= 4 is 22.2 Å². The molecule has 0 bridgehead atoms. The minimum atomic E-state index is 0.0443. The van der Waals surface area contributed by atoms with Gasteiger partial charge in [0.05, 0.1) is 5.69 Å². The van der Waals surface area contributed by atoms with E-state index in [2.05, 4.69) is 49.9 Å². The number of benzene rings is 1. The predicted octanol–water partition coefficient (Wildman–Crippen LogP) is 3.59. The third-order valence-corrected chi connectivity index (χ3v) is 4.80. The zero-order valence-electron chi connectivity index (χ0n) is 12.3. The Balaban J connectivity index is 2.03. The molecule has 3 rings (SSSR count). The first-order chi connectivity index (χ1) is 9.50. The number of nitrogens with two attached hydrogens (primary N) is 1. The van der Waals surface area contributed by atoms with E-state index in [1.54, 1.807) is 11.3 Å². The van der Waals surface area contributed by atoms with E-state index < -0.39 is 0 Å². The molecule has 1 aromatic carbocycles. The van der Waals surface area contributed by atoms with Gasteiger partial charge >= 0.3 is 0 Å². The molecule has 0 saturated heterocycles. The number of thiazole rings is 1. The number of aromatic nitrogens is 1. The van der Waals surface area contributed by atoms with Crippen molar-refractivity contribution in [3.8, 4) is 0 Å². The molecule has 0 saturated carbocycles. The average Bonchev–Trinajstić information content (AvgIpc) is 3.01. The minimum absolute atomic E-state index is 0.0443. The SMILES string of the molecule is CC(C)(C)c1nc(N2CCc3ccccc32)sc1CN. The van der Waals surface area contributed by atoms with Crippen LogP contribution >= 0.6 is 11.3 Å². The fourth-order valence-corrected chi connectivity index (χ4v) is 3.91. The van der Waals surface area contributed by atoms with E-state index in [1.807, 2.05) is 0 Å². The zero-order chi connectivity index (χ0) is 14.3.